The van der Waals surface area contributed by atoms with Crippen molar-refractivity contribution in [2.24, 2.45) is 0 Å². The monoisotopic (exact) mass is 399 g/mol. The van der Waals surface area contributed by atoms with Gasteiger partial charge in [0.25, 0.3) is 0 Å². The van der Waals surface area contributed by atoms with Crippen molar-refractivity contribution in [1.82, 2.24) is 10.1 Å². The van der Waals surface area contributed by atoms with Gasteiger partial charge in [-0.25, -0.2) is 0 Å². The van der Waals surface area contributed by atoms with Crippen molar-refractivity contribution in [3.8, 4) is 11.4 Å². The Labute approximate surface area is 166 Å². The van der Waals surface area contributed by atoms with Gasteiger partial charge in [0.05, 0.1) is 11.5 Å². The number of carbonyl (C=O) groups excluding carboxylic acids is 1. The fraction of sp³-hybridized carbons (Fsp3) is 0.250. The molecule has 0 N–H and O–H groups in total. The first-order valence-corrected chi connectivity index (χ1v) is 10.3. The molecular formula is C20H18ClN3O2S. The van der Waals surface area contributed by atoms with Crippen LogP contribution < -0.4 is 4.90 Å². The number of hydrogen-bond donors (Lipinski definition) is 0. The summed E-state index contributed by atoms with van der Waals surface area (Å²) in [6.45, 7) is 0.775. The molecule has 3 aromatic rings. The predicted octanol–water partition coefficient (Wildman–Crippen LogP) is 4.60. The lowest BCUT2D eigenvalue weighted by atomic mass is 10.0. The Kier molecular flexibility index (Phi) is 5.45. The van der Waals surface area contributed by atoms with Gasteiger partial charge in [-0.1, -0.05) is 35.0 Å². The number of thioether (sulfide) groups is 1. The van der Waals surface area contributed by atoms with E-state index in [9.17, 15) is 4.79 Å². The van der Waals surface area contributed by atoms with Crippen LogP contribution in [0.4, 0.5) is 5.69 Å². The summed E-state index contributed by atoms with van der Waals surface area (Å²) in [5.74, 6) is 2.04. The summed E-state index contributed by atoms with van der Waals surface area (Å²) in [6.07, 6.45) is 2.03. The highest BCUT2D eigenvalue weighted by Crippen LogP contribution is 2.27. The number of benzene rings is 2. The van der Waals surface area contributed by atoms with Gasteiger partial charge >= 0.3 is 0 Å². The van der Waals surface area contributed by atoms with E-state index in [0.29, 0.717) is 28.2 Å². The zero-order valence-electron chi connectivity index (χ0n) is 14.6. The second-order valence-electron chi connectivity index (χ2n) is 6.29. The minimum Gasteiger partial charge on any atom is -0.338 e. The summed E-state index contributed by atoms with van der Waals surface area (Å²) in [7, 11) is 0. The smallest absolute Gasteiger partial charge is 0.236 e. The number of nitrogens with zero attached hydrogens (tertiary/aromatic N) is 3. The highest BCUT2D eigenvalue weighted by Gasteiger charge is 2.22. The number of carbonyl (C=O) groups is 1. The third-order valence-electron chi connectivity index (χ3n) is 4.43. The van der Waals surface area contributed by atoms with E-state index in [0.717, 1.165) is 30.6 Å². The Morgan fingerprint density at radius 1 is 1.19 bits per heavy atom. The molecular weight excluding hydrogens is 382 g/mol. The van der Waals surface area contributed by atoms with Crippen LogP contribution in [0, 0.1) is 0 Å². The highest BCUT2D eigenvalue weighted by molar-refractivity contribution is 7.99. The summed E-state index contributed by atoms with van der Waals surface area (Å²) in [4.78, 5) is 18.9. The largest absolute Gasteiger partial charge is 0.338 e. The summed E-state index contributed by atoms with van der Waals surface area (Å²) in [6, 6.07) is 15.4. The lowest BCUT2D eigenvalue weighted by Crippen LogP contribution is -2.36. The molecule has 0 atom stereocenters. The van der Waals surface area contributed by atoms with Gasteiger partial charge in [-0.15, -0.1) is 11.8 Å². The maximum absolute atomic E-state index is 12.6. The number of fused-ring (bicyclic) bond motifs is 1. The van der Waals surface area contributed by atoms with Crippen LogP contribution in [0.15, 0.2) is 53.1 Å². The molecule has 2 heterocycles. The Balaban J connectivity index is 1.34. The molecule has 2 aromatic carbocycles. The van der Waals surface area contributed by atoms with E-state index in [2.05, 4.69) is 16.2 Å². The van der Waals surface area contributed by atoms with E-state index in [1.165, 1.54) is 17.3 Å². The number of anilines is 1. The van der Waals surface area contributed by atoms with E-state index < -0.39 is 0 Å². The van der Waals surface area contributed by atoms with Gasteiger partial charge in [-0.05, 0) is 48.7 Å². The average molecular weight is 400 g/mol. The SMILES string of the molecule is O=C(CSCc1nc(-c2ccc(Cl)cc2)no1)N1CCCc2ccccc21. The molecule has 0 saturated carbocycles. The lowest BCUT2D eigenvalue weighted by molar-refractivity contribution is -0.116. The molecule has 1 aromatic heterocycles. The molecule has 1 aliphatic rings. The van der Waals surface area contributed by atoms with Gasteiger partial charge in [0.15, 0.2) is 0 Å². The molecule has 0 fully saturated rings. The molecule has 7 heteroatoms. The molecule has 1 amide bonds. The van der Waals surface area contributed by atoms with Crippen molar-refractivity contribution in [1.29, 1.82) is 0 Å². The van der Waals surface area contributed by atoms with Gasteiger partial charge < -0.3 is 9.42 Å². The van der Waals surface area contributed by atoms with Gasteiger partial charge in [0.1, 0.15) is 0 Å². The minimum absolute atomic E-state index is 0.115. The van der Waals surface area contributed by atoms with Crippen LogP contribution in [0.25, 0.3) is 11.4 Å². The molecule has 4 rings (SSSR count). The average Bonchev–Trinajstić information content (AvgIpc) is 3.17. The first kappa shape index (κ1) is 18.1. The quantitative estimate of drug-likeness (QED) is 0.627. The van der Waals surface area contributed by atoms with Crippen LogP contribution in [0.5, 0.6) is 0 Å². The number of aromatic nitrogens is 2. The lowest BCUT2D eigenvalue weighted by Gasteiger charge is -2.29. The second-order valence-corrected chi connectivity index (χ2v) is 7.71. The topological polar surface area (TPSA) is 59.2 Å². The second kappa shape index (κ2) is 8.15. The van der Waals surface area contributed by atoms with E-state index >= 15 is 0 Å². The van der Waals surface area contributed by atoms with E-state index in [1.807, 2.05) is 35.2 Å². The van der Waals surface area contributed by atoms with Crippen LogP contribution in [0.3, 0.4) is 0 Å². The van der Waals surface area contributed by atoms with E-state index in [1.54, 1.807) is 12.1 Å². The molecule has 0 bridgehead atoms. The molecule has 27 heavy (non-hydrogen) atoms. The summed E-state index contributed by atoms with van der Waals surface area (Å²) >= 11 is 7.38. The van der Waals surface area contributed by atoms with Gasteiger partial charge in [0, 0.05) is 22.8 Å². The van der Waals surface area contributed by atoms with Crippen LogP contribution in [-0.2, 0) is 17.0 Å². The molecule has 138 valence electrons. The molecule has 0 spiro atoms. The zero-order valence-corrected chi connectivity index (χ0v) is 16.2. The molecule has 0 unspecified atom stereocenters. The number of aryl methyl sites for hydroxylation is 1. The molecule has 5 nitrogen and oxygen atoms in total. The summed E-state index contributed by atoms with van der Waals surface area (Å²) in [5, 5.41) is 4.66. The highest BCUT2D eigenvalue weighted by atomic mass is 35.5. The van der Waals surface area contributed by atoms with Crippen LogP contribution >= 0.6 is 23.4 Å². The van der Waals surface area contributed by atoms with Gasteiger partial charge in [-0.2, -0.15) is 4.98 Å². The first-order chi connectivity index (χ1) is 13.2. The minimum atomic E-state index is 0.115. The van der Waals surface area contributed by atoms with Crippen LogP contribution in [0.1, 0.15) is 17.9 Å². The van der Waals surface area contributed by atoms with E-state index in [-0.39, 0.29) is 5.91 Å². The van der Waals surface area contributed by atoms with Crippen LogP contribution in [0.2, 0.25) is 5.02 Å². The predicted molar refractivity (Wildman–Crippen MR) is 108 cm³/mol. The van der Waals surface area contributed by atoms with Crippen molar-refractivity contribution in [3.63, 3.8) is 0 Å². The third-order valence-corrected chi connectivity index (χ3v) is 5.59. The Morgan fingerprint density at radius 3 is 2.85 bits per heavy atom. The number of rotatable bonds is 5. The zero-order chi connectivity index (χ0) is 18.6. The van der Waals surface area contributed by atoms with Crippen molar-refractivity contribution < 1.29 is 9.32 Å². The van der Waals surface area contributed by atoms with Crippen molar-refractivity contribution >= 4 is 35.0 Å². The fourth-order valence-electron chi connectivity index (χ4n) is 3.13. The number of para-hydroxylation sites is 1. The maximum Gasteiger partial charge on any atom is 0.236 e. The maximum atomic E-state index is 12.6. The van der Waals surface area contributed by atoms with Gasteiger partial charge in [-0.3, -0.25) is 4.79 Å². The molecule has 0 radical (unpaired) electrons. The fourth-order valence-corrected chi connectivity index (χ4v) is 3.98. The standard InChI is InChI=1S/C20H18ClN3O2S/c21-16-9-7-15(8-10-16)20-22-18(26-23-20)12-27-13-19(25)24-11-3-5-14-4-1-2-6-17(14)24/h1-2,4,6-10H,3,5,11-13H2. The van der Waals surface area contributed by atoms with Crippen LogP contribution in [-0.4, -0.2) is 28.3 Å². The Hall–Kier alpha value is -2.31. The first-order valence-electron chi connectivity index (χ1n) is 8.75. The molecule has 0 saturated heterocycles. The summed E-state index contributed by atoms with van der Waals surface area (Å²) < 4.78 is 5.29. The number of hydrogen-bond acceptors (Lipinski definition) is 5. The Morgan fingerprint density at radius 2 is 2.00 bits per heavy atom. The number of amides is 1. The molecule has 0 aliphatic carbocycles. The van der Waals surface area contributed by atoms with Gasteiger partial charge in [0.2, 0.25) is 17.6 Å². The number of halogens is 1. The van der Waals surface area contributed by atoms with Crippen molar-refractivity contribution in [2.45, 2.75) is 18.6 Å². The Bertz CT molecular complexity index is 942. The molecule has 1 aliphatic heterocycles. The van der Waals surface area contributed by atoms with E-state index in [4.69, 9.17) is 16.1 Å². The summed E-state index contributed by atoms with van der Waals surface area (Å²) in [5.41, 5.74) is 3.13. The van der Waals surface area contributed by atoms with Crippen molar-refractivity contribution in [2.75, 3.05) is 17.2 Å². The van der Waals surface area contributed by atoms with Crippen molar-refractivity contribution in [3.05, 3.63) is 65.0 Å². The normalized spacial score (nSPS) is 13.4. The third kappa shape index (κ3) is 4.17.